The summed E-state index contributed by atoms with van der Waals surface area (Å²) in [5, 5.41) is 0. The van der Waals surface area contributed by atoms with E-state index in [1.54, 1.807) is 4.90 Å². The number of benzene rings is 1. The molecular formula is C17H21FN2O3S. The van der Waals surface area contributed by atoms with Crippen molar-refractivity contribution in [3.8, 4) is 0 Å². The van der Waals surface area contributed by atoms with Gasteiger partial charge in [-0.15, -0.1) is 0 Å². The molecule has 1 saturated heterocycles. The number of amides is 1. The van der Waals surface area contributed by atoms with Crippen LogP contribution in [0.5, 0.6) is 0 Å². The molecule has 1 aliphatic heterocycles. The molecule has 7 heteroatoms. The molecule has 0 spiro atoms. The van der Waals surface area contributed by atoms with Crippen LogP contribution in [0.1, 0.15) is 19.3 Å². The Morgan fingerprint density at radius 1 is 1.17 bits per heavy atom. The van der Waals surface area contributed by atoms with Crippen molar-refractivity contribution in [1.29, 1.82) is 0 Å². The summed E-state index contributed by atoms with van der Waals surface area (Å²) in [4.78, 5) is 13.7. The molecule has 1 atom stereocenters. The van der Waals surface area contributed by atoms with Crippen LogP contribution in [0.3, 0.4) is 0 Å². The number of carbonyl (C=O) groups excluding carboxylic acids is 1. The lowest BCUT2D eigenvalue weighted by atomic mass is 10.0. The van der Waals surface area contributed by atoms with Crippen LogP contribution in [0.25, 0.3) is 0 Å². The standard InChI is InChI=1S/C17H21FN2O3S/c18-15-7-3-4-8-16(15)24(22,23)20-11-9-19(10-12-20)17(21)13-14-5-1-2-6-14/h1,3-5,7-8,14H,2,6,9-13H2. The van der Waals surface area contributed by atoms with Crippen LogP contribution in [0.4, 0.5) is 4.39 Å². The van der Waals surface area contributed by atoms with E-state index < -0.39 is 15.8 Å². The fourth-order valence-electron chi connectivity index (χ4n) is 3.19. The van der Waals surface area contributed by atoms with Crippen molar-refractivity contribution in [1.82, 2.24) is 9.21 Å². The number of halogens is 1. The molecule has 3 rings (SSSR count). The van der Waals surface area contributed by atoms with Crippen LogP contribution in [0, 0.1) is 11.7 Å². The molecule has 5 nitrogen and oxygen atoms in total. The highest BCUT2D eigenvalue weighted by molar-refractivity contribution is 7.89. The molecule has 1 fully saturated rings. The van der Waals surface area contributed by atoms with E-state index in [4.69, 9.17) is 0 Å². The smallest absolute Gasteiger partial charge is 0.246 e. The Hall–Kier alpha value is -1.73. The van der Waals surface area contributed by atoms with Gasteiger partial charge in [-0.2, -0.15) is 4.31 Å². The van der Waals surface area contributed by atoms with Gasteiger partial charge in [0.15, 0.2) is 0 Å². The molecule has 1 heterocycles. The van der Waals surface area contributed by atoms with Gasteiger partial charge >= 0.3 is 0 Å². The molecule has 1 aromatic rings. The highest BCUT2D eigenvalue weighted by Gasteiger charge is 2.32. The van der Waals surface area contributed by atoms with Gasteiger partial charge in [0, 0.05) is 32.6 Å². The summed E-state index contributed by atoms with van der Waals surface area (Å²) in [6.07, 6.45) is 6.68. The Labute approximate surface area is 141 Å². The normalized spacial score (nSPS) is 22.0. The first-order chi connectivity index (χ1) is 11.5. The summed E-state index contributed by atoms with van der Waals surface area (Å²) in [7, 11) is -3.86. The maximum absolute atomic E-state index is 13.8. The maximum atomic E-state index is 13.8. The van der Waals surface area contributed by atoms with Gasteiger partial charge in [0.1, 0.15) is 10.7 Å². The molecule has 130 valence electrons. The third-order valence-corrected chi connectivity index (χ3v) is 6.53. The molecule has 2 aliphatic rings. The first kappa shape index (κ1) is 17.1. The van der Waals surface area contributed by atoms with Crippen LogP contribution in [-0.4, -0.2) is 49.7 Å². The van der Waals surface area contributed by atoms with E-state index in [1.165, 1.54) is 22.5 Å². The largest absolute Gasteiger partial charge is 0.340 e. The molecule has 0 radical (unpaired) electrons. The monoisotopic (exact) mass is 352 g/mol. The van der Waals surface area contributed by atoms with Crippen molar-refractivity contribution in [2.45, 2.75) is 24.2 Å². The minimum Gasteiger partial charge on any atom is -0.340 e. The Morgan fingerprint density at radius 2 is 1.88 bits per heavy atom. The fraction of sp³-hybridized carbons (Fsp3) is 0.471. The van der Waals surface area contributed by atoms with Gasteiger partial charge < -0.3 is 4.90 Å². The van der Waals surface area contributed by atoms with Crippen molar-refractivity contribution in [2.24, 2.45) is 5.92 Å². The summed E-state index contributed by atoms with van der Waals surface area (Å²) >= 11 is 0. The zero-order chi connectivity index (χ0) is 17.2. The van der Waals surface area contributed by atoms with E-state index in [1.807, 2.05) is 0 Å². The van der Waals surface area contributed by atoms with Crippen molar-refractivity contribution < 1.29 is 17.6 Å². The number of carbonyl (C=O) groups is 1. The fourth-order valence-corrected chi connectivity index (χ4v) is 4.68. The van der Waals surface area contributed by atoms with Crippen molar-refractivity contribution in [2.75, 3.05) is 26.2 Å². The van der Waals surface area contributed by atoms with Crippen LogP contribution in [0.2, 0.25) is 0 Å². The van der Waals surface area contributed by atoms with E-state index in [-0.39, 0.29) is 23.9 Å². The minimum atomic E-state index is -3.86. The second-order valence-electron chi connectivity index (χ2n) is 6.19. The van der Waals surface area contributed by atoms with E-state index >= 15 is 0 Å². The molecule has 0 bridgehead atoms. The molecular weight excluding hydrogens is 331 g/mol. The van der Waals surface area contributed by atoms with E-state index in [0.29, 0.717) is 25.4 Å². The third kappa shape index (κ3) is 3.52. The number of hydrogen-bond acceptors (Lipinski definition) is 3. The van der Waals surface area contributed by atoms with Crippen molar-refractivity contribution in [3.63, 3.8) is 0 Å². The van der Waals surface area contributed by atoms with Crippen LogP contribution in [-0.2, 0) is 14.8 Å². The third-order valence-electron chi connectivity index (χ3n) is 4.60. The number of sulfonamides is 1. The van der Waals surface area contributed by atoms with E-state index in [9.17, 15) is 17.6 Å². The molecule has 0 aromatic heterocycles. The lowest BCUT2D eigenvalue weighted by Crippen LogP contribution is -2.50. The number of rotatable bonds is 4. The van der Waals surface area contributed by atoms with Gasteiger partial charge in [0.2, 0.25) is 15.9 Å². The average molecular weight is 352 g/mol. The number of piperazine rings is 1. The Bertz CT molecular complexity index is 740. The minimum absolute atomic E-state index is 0.0643. The van der Waals surface area contributed by atoms with Gasteiger partial charge in [-0.25, -0.2) is 12.8 Å². The Kier molecular flexibility index (Phi) is 5.01. The SMILES string of the molecule is O=C(CC1C=CCC1)N1CCN(S(=O)(=O)c2ccccc2F)CC1. The summed E-state index contributed by atoms with van der Waals surface area (Å²) in [6, 6.07) is 5.38. The number of nitrogens with zero attached hydrogens (tertiary/aromatic N) is 2. The maximum Gasteiger partial charge on any atom is 0.246 e. The predicted octanol–water partition coefficient (Wildman–Crippen LogP) is 2.01. The number of allylic oxidation sites excluding steroid dienone is 2. The highest BCUT2D eigenvalue weighted by Crippen LogP contribution is 2.23. The van der Waals surface area contributed by atoms with Gasteiger partial charge in [0.25, 0.3) is 0 Å². The first-order valence-electron chi connectivity index (χ1n) is 8.17. The molecule has 1 aromatic carbocycles. The topological polar surface area (TPSA) is 57.7 Å². The summed E-state index contributed by atoms with van der Waals surface area (Å²) in [5.41, 5.74) is 0. The van der Waals surface area contributed by atoms with Crippen LogP contribution in [0.15, 0.2) is 41.3 Å². The molecule has 1 aliphatic carbocycles. The van der Waals surface area contributed by atoms with Crippen LogP contribution >= 0.6 is 0 Å². The lowest BCUT2D eigenvalue weighted by molar-refractivity contribution is -0.133. The molecule has 0 N–H and O–H groups in total. The molecule has 0 saturated carbocycles. The van der Waals surface area contributed by atoms with Gasteiger partial charge in [-0.3, -0.25) is 4.79 Å². The van der Waals surface area contributed by atoms with Crippen molar-refractivity contribution >= 4 is 15.9 Å². The molecule has 24 heavy (non-hydrogen) atoms. The number of hydrogen-bond donors (Lipinski definition) is 0. The predicted molar refractivity (Wildman–Crippen MR) is 88.2 cm³/mol. The van der Waals surface area contributed by atoms with Crippen molar-refractivity contribution in [3.05, 3.63) is 42.2 Å². The van der Waals surface area contributed by atoms with Gasteiger partial charge in [-0.1, -0.05) is 24.3 Å². The van der Waals surface area contributed by atoms with Crippen LogP contribution < -0.4 is 0 Å². The van der Waals surface area contributed by atoms with E-state index in [2.05, 4.69) is 12.2 Å². The zero-order valence-corrected chi connectivity index (χ0v) is 14.2. The lowest BCUT2D eigenvalue weighted by Gasteiger charge is -2.34. The Morgan fingerprint density at radius 3 is 2.50 bits per heavy atom. The summed E-state index contributed by atoms with van der Waals surface area (Å²) in [5.74, 6) is -0.379. The summed E-state index contributed by atoms with van der Waals surface area (Å²) in [6.45, 7) is 1.09. The van der Waals surface area contributed by atoms with Gasteiger partial charge in [0.05, 0.1) is 0 Å². The second kappa shape index (κ2) is 7.03. The van der Waals surface area contributed by atoms with Gasteiger partial charge in [-0.05, 0) is 30.9 Å². The zero-order valence-electron chi connectivity index (χ0n) is 13.4. The average Bonchev–Trinajstić information content (AvgIpc) is 3.08. The quantitative estimate of drug-likeness (QED) is 0.779. The Balaban J connectivity index is 1.61. The molecule has 1 unspecified atom stereocenters. The first-order valence-corrected chi connectivity index (χ1v) is 9.61. The molecule has 1 amide bonds. The van der Waals surface area contributed by atoms with E-state index in [0.717, 1.165) is 18.9 Å². The highest BCUT2D eigenvalue weighted by atomic mass is 32.2. The second-order valence-corrected chi connectivity index (χ2v) is 8.09. The summed E-state index contributed by atoms with van der Waals surface area (Å²) < 4.78 is 40.1.